The molecular weight excluding hydrogens is 330 g/mol. The van der Waals surface area contributed by atoms with Gasteiger partial charge in [-0.25, -0.2) is 4.98 Å². The Balaban J connectivity index is 1.27. The third kappa shape index (κ3) is 4.26. The van der Waals surface area contributed by atoms with Crippen molar-refractivity contribution in [3.8, 4) is 17.2 Å². The van der Waals surface area contributed by atoms with Gasteiger partial charge < -0.3 is 13.9 Å². The Kier molecular flexibility index (Phi) is 5.53. The predicted octanol–water partition coefficient (Wildman–Crippen LogP) is 2.65. The van der Waals surface area contributed by atoms with E-state index in [0.717, 1.165) is 62.9 Å². The van der Waals surface area contributed by atoms with Gasteiger partial charge in [0.2, 0.25) is 5.89 Å². The van der Waals surface area contributed by atoms with Crippen molar-refractivity contribution >= 4 is 0 Å². The Hall–Kier alpha value is -1.89. The van der Waals surface area contributed by atoms with Crippen LogP contribution in [0.25, 0.3) is 11.5 Å². The summed E-state index contributed by atoms with van der Waals surface area (Å²) < 4.78 is 16.6. The van der Waals surface area contributed by atoms with Crippen LogP contribution in [0.5, 0.6) is 5.75 Å². The number of nitrogens with zero attached hydrogens (tertiary/aromatic N) is 3. The van der Waals surface area contributed by atoms with E-state index >= 15 is 0 Å². The van der Waals surface area contributed by atoms with E-state index < -0.39 is 0 Å². The summed E-state index contributed by atoms with van der Waals surface area (Å²) in [7, 11) is 1.67. The summed E-state index contributed by atoms with van der Waals surface area (Å²) in [5.41, 5.74) is 1.96. The molecule has 0 aliphatic carbocycles. The van der Waals surface area contributed by atoms with Gasteiger partial charge in [0.05, 0.1) is 18.9 Å². The van der Waals surface area contributed by atoms with Crippen LogP contribution in [0.1, 0.15) is 18.5 Å². The number of aromatic nitrogens is 1. The van der Waals surface area contributed by atoms with Crippen molar-refractivity contribution in [2.75, 3.05) is 46.4 Å². The summed E-state index contributed by atoms with van der Waals surface area (Å²) in [6, 6.07) is 7.79. The second kappa shape index (κ2) is 8.20. The number of piperazine rings is 1. The molecule has 0 N–H and O–H groups in total. The number of rotatable bonds is 6. The Morgan fingerprint density at radius 2 is 1.88 bits per heavy atom. The van der Waals surface area contributed by atoms with Gasteiger partial charge in [0.15, 0.2) is 0 Å². The zero-order valence-electron chi connectivity index (χ0n) is 15.4. The molecule has 2 fully saturated rings. The largest absolute Gasteiger partial charge is 0.497 e. The van der Waals surface area contributed by atoms with E-state index in [-0.39, 0.29) is 0 Å². The summed E-state index contributed by atoms with van der Waals surface area (Å²) >= 11 is 0. The summed E-state index contributed by atoms with van der Waals surface area (Å²) in [5, 5.41) is 0. The van der Waals surface area contributed by atoms with Crippen molar-refractivity contribution in [1.82, 2.24) is 14.8 Å². The molecule has 2 saturated heterocycles. The highest BCUT2D eigenvalue weighted by Gasteiger charge is 2.23. The minimum absolute atomic E-state index is 0.448. The third-order valence-corrected chi connectivity index (χ3v) is 5.23. The maximum Gasteiger partial charge on any atom is 0.226 e. The van der Waals surface area contributed by atoms with Crippen LogP contribution in [0.15, 0.2) is 34.9 Å². The second-order valence-electron chi connectivity index (χ2n) is 7.08. The van der Waals surface area contributed by atoms with Crippen molar-refractivity contribution in [3.63, 3.8) is 0 Å². The molecule has 2 aromatic rings. The number of hydrogen-bond acceptors (Lipinski definition) is 6. The SMILES string of the molecule is COc1ccc(-c2nc(CN3CCN(CC4CCCO4)CC3)co2)cc1. The van der Waals surface area contributed by atoms with E-state index in [1.54, 1.807) is 13.4 Å². The maximum atomic E-state index is 5.75. The lowest BCUT2D eigenvalue weighted by molar-refractivity contribution is 0.0487. The van der Waals surface area contributed by atoms with E-state index in [4.69, 9.17) is 13.9 Å². The molecule has 0 bridgehead atoms. The van der Waals surface area contributed by atoms with Crippen molar-refractivity contribution in [2.45, 2.75) is 25.5 Å². The van der Waals surface area contributed by atoms with Gasteiger partial charge in [-0.05, 0) is 37.1 Å². The van der Waals surface area contributed by atoms with Crippen molar-refractivity contribution in [3.05, 3.63) is 36.2 Å². The quantitative estimate of drug-likeness (QED) is 0.792. The normalized spacial score (nSPS) is 22.0. The molecule has 1 atom stereocenters. The molecule has 26 heavy (non-hydrogen) atoms. The van der Waals surface area contributed by atoms with Crippen LogP contribution in [0, 0.1) is 0 Å². The summed E-state index contributed by atoms with van der Waals surface area (Å²) in [6.45, 7) is 7.20. The molecule has 1 unspecified atom stereocenters. The fraction of sp³-hybridized carbons (Fsp3) is 0.550. The number of ether oxygens (including phenoxy) is 2. The predicted molar refractivity (Wildman–Crippen MR) is 99.2 cm³/mol. The molecule has 2 aliphatic rings. The third-order valence-electron chi connectivity index (χ3n) is 5.23. The molecule has 0 radical (unpaired) electrons. The molecule has 0 spiro atoms. The van der Waals surface area contributed by atoms with Gasteiger partial charge in [0.1, 0.15) is 12.0 Å². The van der Waals surface area contributed by atoms with Gasteiger partial charge in [-0.15, -0.1) is 0 Å². The Bertz CT molecular complexity index is 687. The van der Waals surface area contributed by atoms with Crippen molar-refractivity contribution in [2.24, 2.45) is 0 Å². The molecule has 6 nitrogen and oxygen atoms in total. The number of methoxy groups -OCH3 is 1. The van der Waals surface area contributed by atoms with Gasteiger partial charge in [-0.3, -0.25) is 9.80 Å². The van der Waals surface area contributed by atoms with E-state index in [1.165, 1.54) is 12.8 Å². The van der Waals surface area contributed by atoms with E-state index in [0.29, 0.717) is 12.0 Å². The fourth-order valence-electron chi connectivity index (χ4n) is 3.68. The average Bonchev–Trinajstić information content (AvgIpc) is 3.36. The lowest BCUT2D eigenvalue weighted by atomic mass is 10.2. The van der Waals surface area contributed by atoms with Crippen molar-refractivity contribution < 1.29 is 13.9 Å². The highest BCUT2D eigenvalue weighted by molar-refractivity contribution is 5.54. The molecule has 0 amide bonds. The highest BCUT2D eigenvalue weighted by atomic mass is 16.5. The van der Waals surface area contributed by atoms with Gasteiger partial charge in [0.25, 0.3) is 0 Å². The van der Waals surface area contributed by atoms with Gasteiger partial charge in [-0.1, -0.05) is 0 Å². The van der Waals surface area contributed by atoms with Crippen LogP contribution >= 0.6 is 0 Å². The average molecular weight is 357 g/mol. The number of oxazole rings is 1. The van der Waals surface area contributed by atoms with Gasteiger partial charge in [-0.2, -0.15) is 0 Å². The highest BCUT2D eigenvalue weighted by Crippen LogP contribution is 2.22. The summed E-state index contributed by atoms with van der Waals surface area (Å²) in [4.78, 5) is 9.62. The zero-order valence-corrected chi connectivity index (χ0v) is 15.4. The van der Waals surface area contributed by atoms with Crippen LogP contribution < -0.4 is 4.74 Å². The number of benzene rings is 1. The maximum absolute atomic E-state index is 5.75. The first kappa shape index (κ1) is 17.5. The Labute approximate surface area is 154 Å². The van der Waals surface area contributed by atoms with Crippen LogP contribution in [0.4, 0.5) is 0 Å². The Morgan fingerprint density at radius 3 is 2.58 bits per heavy atom. The molecule has 2 aliphatic heterocycles. The van der Waals surface area contributed by atoms with E-state index in [9.17, 15) is 0 Å². The Morgan fingerprint density at radius 1 is 1.12 bits per heavy atom. The first-order valence-electron chi connectivity index (χ1n) is 9.45. The minimum atomic E-state index is 0.448. The first-order valence-corrected chi connectivity index (χ1v) is 9.45. The molecule has 140 valence electrons. The second-order valence-corrected chi connectivity index (χ2v) is 7.08. The lowest BCUT2D eigenvalue weighted by Crippen LogP contribution is -2.48. The van der Waals surface area contributed by atoms with Crippen LogP contribution in [-0.2, 0) is 11.3 Å². The summed E-state index contributed by atoms with van der Waals surface area (Å²) in [6.07, 6.45) is 4.66. The van der Waals surface area contributed by atoms with Crippen molar-refractivity contribution in [1.29, 1.82) is 0 Å². The summed E-state index contributed by atoms with van der Waals surface area (Å²) in [5.74, 6) is 1.50. The standard InChI is InChI=1S/C20H27N3O3/c1-24-18-6-4-16(5-7-18)20-21-17(15-26-20)13-22-8-10-23(11-9-22)14-19-3-2-12-25-19/h4-7,15,19H,2-3,8-14H2,1H3. The molecule has 6 heteroatoms. The molecule has 1 aromatic carbocycles. The first-order chi connectivity index (χ1) is 12.8. The van der Waals surface area contributed by atoms with Crippen LogP contribution in [-0.4, -0.2) is 67.3 Å². The monoisotopic (exact) mass is 357 g/mol. The topological polar surface area (TPSA) is 51.0 Å². The molecule has 3 heterocycles. The number of hydrogen-bond donors (Lipinski definition) is 0. The molecule has 1 aromatic heterocycles. The van der Waals surface area contributed by atoms with E-state index in [1.807, 2.05) is 24.3 Å². The van der Waals surface area contributed by atoms with Crippen LogP contribution in [0.2, 0.25) is 0 Å². The molecule has 4 rings (SSSR count). The smallest absolute Gasteiger partial charge is 0.226 e. The van der Waals surface area contributed by atoms with Gasteiger partial charge >= 0.3 is 0 Å². The molecular formula is C20H27N3O3. The minimum Gasteiger partial charge on any atom is -0.497 e. The molecule has 0 saturated carbocycles. The van der Waals surface area contributed by atoms with E-state index in [2.05, 4.69) is 14.8 Å². The van der Waals surface area contributed by atoms with Crippen LogP contribution in [0.3, 0.4) is 0 Å². The zero-order chi connectivity index (χ0) is 17.8. The van der Waals surface area contributed by atoms with Gasteiger partial charge in [0, 0.05) is 51.4 Å². The lowest BCUT2D eigenvalue weighted by Gasteiger charge is -2.35. The fourth-order valence-corrected chi connectivity index (χ4v) is 3.68.